The minimum Gasteiger partial charge on any atom is -0.497 e. The first-order chi connectivity index (χ1) is 15.5. The molecule has 32 heavy (non-hydrogen) atoms. The molecule has 0 bridgehead atoms. The number of hydrogen-bond donors (Lipinski definition) is 3. The number of ether oxygens (including phenoxy) is 2. The second kappa shape index (κ2) is 9.30. The summed E-state index contributed by atoms with van der Waals surface area (Å²) in [5, 5.41) is 14.2. The molecule has 0 amide bonds. The molecule has 0 spiro atoms. The van der Waals surface area contributed by atoms with E-state index in [9.17, 15) is 0 Å². The van der Waals surface area contributed by atoms with Crippen LogP contribution in [0.1, 0.15) is 44.6 Å². The number of aromatic amines is 1. The summed E-state index contributed by atoms with van der Waals surface area (Å²) in [5.74, 6) is 3.77. The lowest BCUT2D eigenvalue weighted by molar-refractivity contribution is 0.0694. The van der Waals surface area contributed by atoms with Gasteiger partial charge in [-0.2, -0.15) is 5.10 Å². The zero-order valence-corrected chi connectivity index (χ0v) is 19.0. The van der Waals surface area contributed by atoms with Crippen LogP contribution in [-0.2, 0) is 6.54 Å². The van der Waals surface area contributed by atoms with E-state index in [-0.39, 0.29) is 11.6 Å². The molecule has 0 saturated carbocycles. The van der Waals surface area contributed by atoms with E-state index in [0.29, 0.717) is 18.2 Å². The van der Waals surface area contributed by atoms with Crippen LogP contribution in [0.3, 0.4) is 0 Å². The highest BCUT2D eigenvalue weighted by molar-refractivity contribution is 5.80. The predicted octanol–water partition coefficient (Wildman–Crippen LogP) is 3.84. The highest BCUT2D eigenvalue weighted by Crippen LogP contribution is 2.39. The van der Waals surface area contributed by atoms with E-state index in [1.807, 2.05) is 42.5 Å². The number of methoxy groups -OCH3 is 1. The Labute approximate surface area is 188 Å². The van der Waals surface area contributed by atoms with Gasteiger partial charge in [-0.3, -0.25) is 5.10 Å². The quantitative estimate of drug-likeness (QED) is 0.403. The van der Waals surface area contributed by atoms with Gasteiger partial charge in [0, 0.05) is 24.1 Å². The summed E-state index contributed by atoms with van der Waals surface area (Å²) in [6.07, 6.45) is 0.832. The molecule has 1 atom stereocenters. The van der Waals surface area contributed by atoms with E-state index in [0.717, 1.165) is 41.6 Å². The van der Waals surface area contributed by atoms with Crippen molar-refractivity contribution >= 4 is 5.96 Å². The Hall–Kier alpha value is -3.55. The lowest BCUT2D eigenvalue weighted by atomic mass is 9.90. The number of nitrogens with one attached hydrogen (secondary N) is 3. The van der Waals surface area contributed by atoms with E-state index in [4.69, 9.17) is 14.5 Å². The average Bonchev–Trinajstić information content (AvgIpc) is 3.26. The largest absolute Gasteiger partial charge is 0.497 e. The van der Waals surface area contributed by atoms with E-state index < -0.39 is 0 Å². The van der Waals surface area contributed by atoms with Gasteiger partial charge in [-0.1, -0.05) is 18.2 Å². The highest BCUT2D eigenvalue weighted by atomic mass is 16.5. The Balaban J connectivity index is 1.49. The topological polar surface area (TPSA) is 96.5 Å². The van der Waals surface area contributed by atoms with Crippen molar-refractivity contribution in [3.05, 3.63) is 59.9 Å². The number of guanidine groups is 1. The lowest BCUT2D eigenvalue weighted by Crippen LogP contribution is -2.45. The molecule has 0 radical (unpaired) electrons. The fourth-order valence-electron chi connectivity index (χ4n) is 3.81. The number of H-pyrrole nitrogens is 1. The Morgan fingerprint density at radius 2 is 2.00 bits per heavy atom. The smallest absolute Gasteiger partial charge is 0.192 e. The third kappa shape index (κ3) is 5.01. The first kappa shape index (κ1) is 21.7. The molecule has 2 aromatic carbocycles. The molecular weight excluding hydrogens is 404 g/mol. The van der Waals surface area contributed by atoms with Crippen LogP contribution >= 0.6 is 0 Å². The Morgan fingerprint density at radius 1 is 1.22 bits per heavy atom. The summed E-state index contributed by atoms with van der Waals surface area (Å²) in [7, 11) is 1.65. The predicted molar refractivity (Wildman–Crippen MR) is 125 cm³/mol. The van der Waals surface area contributed by atoms with Crippen LogP contribution in [0.4, 0.5) is 0 Å². The van der Waals surface area contributed by atoms with Crippen molar-refractivity contribution < 1.29 is 9.47 Å². The molecule has 0 saturated heterocycles. The molecule has 1 aliphatic heterocycles. The highest BCUT2D eigenvalue weighted by Gasteiger charge is 2.33. The molecule has 8 heteroatoms. The van der Waals surface area contributed by atoms with Gasteiger partial charge in [-0.05, 0) is 51.1 Å². The molecule has 8 nitrogen and oxygen atoms in total. The van der Waals surface area contributed by atoms with Gasteiger partial charge in [0.15, 0.2) is 11.8 Å². The fraction of sp³-hybridized carbons (Fsp3) is 0.375. The van der Waals surface area contributed by atoms with Gasteiger partial charge < -0.3 is 20.1 Å². The molecule has 3 N–H and O–H groups in total. The standard InChI is InChI=1S/C24H30N6O2/c1-5-25-23(27-19-14-24(2,3)32-20-9-7-6-8-18(19)20)26-15-21-28-22(30-29-21)16-10-12-17(31-4)13-11-16/h6-13,19H,5,14-15H2,1-4H3,(H2,25,26,27)(H,28,29,30). The van der Waals surface area contributed by atoms with E-state index >= 15 is 0 Å². The van der Waals surface area contributed by atoms with Crippen LogP contribution in [0.25, 0.3) is 11.4 Å². The van der Waals surface area contributed by atoms with Crippen LogP contribution in [0.2, 0.25) is 0 Å². The first-order valence-electron chi connectivity index (χ1n) is 10.9. The molecule has 1 aromatic heterocycles. The number of hydrogen-bond acceptors (Lipinski definition) is 5. The summed E-state index contributed by atoms with van der Waals surface area (Å²) >= 11 is 0. The molecule has 0 fully saturated rings. The maximum atomic E-state index is 6.15. The SMILES string of the molecule is CCNC(=NCc1nc(-c2ccc(OC)cc2)n[nH]1)NC1CC(C)(C)Oc2ccccc21. The van der Waals surface area contributed by atoms with Crippen molar-refractivity contribution in [1.82, 2.24) is 25.8 Å². The van der Waals surface area contributed by atoms with Gasteiger partial charge in [0.1, 0.15) is 29.5 Å². The number of fused-ring (bicyclic) bond motifs is 1. The Morgan fingerprint density at radius 3 is 2.75 bits per heavy atom. The Kier molecular flexibility index (Phi) is 6.30. The molecular formula is C24H30N6O2. The van der Waals surface area contributed by atoms with Crippen molar-refractivity contribution in [2.75, 3.05) is 13.7 Å². The monoisotopic (exact) mass is 434 g/mol. The molecule has 3 aromatic rings. The maximum absolute atomic E-state index is 6.15. The van der Waals surface area contributed by atoms with Crippen molar-refractivity contribution in [3.8, 4) is 22.9 Å². The number of rotatable bonds is 6. The van der Waals surface area contributed by atoms with Gasteiger partial charge in [0.05, 0.1) is 13.2 Å². The molecule has 0 aliphatic carbocycles. The summed E-state index contributed by atoms with van der Waals surface area (Å²) in [5.41, 5.74) is 1.80. The molecule has 4 rings (SSSR count). The second-order valence-corrected chi connectivity index (χ2v) is 8.33. The maximum Gasteiger partial charge on any atom is 0.192 e. The Bertz CT molecular complexity index is 1070. The molecule has 2 heterocycles. The minimum atomic E-state index is -0.262. The van der Waals surface area contributed by atoms with Crippen molar-refractivity contribution in [2.24, 2.45) is 4.99 Å². The third-order valence-electron chi connectivity index (χ3n) is 5.30. The first-order valence-corrected chi connectivity index (χ1v) is 10.9. The number of nitrogens with zero attached hydrogens (tertiary/aromatic N) is 3. The minimum absolute atomic E-state index is 0.0948. The summed E-state index contributed by atoms with van der Waals surface area (Å²) in [4.78, 5) is 9.32. The fourth-order valence-corrected chi connectivity index (χ4v) is 3.81. The van der Waals surface area contributed by atoms with Crippen LogP contribution in [0, 0.1) is 0 Å². The zero-order chi connectivity index (χ0) is 22.6. The van der Waals surface area contributed by atoms with Gasteiger partial charge in [0.25, 0.3) is 0 Å². The molecule has 168 valence electrons. The summed E-state index contributed by atoms with van der Waals surface area (Å²) in [6, 6.07) is 15.9. The summed E-state index contributed by atoms with van der Waals surface area (Å²) in [6.45, 7) is 7.41. The van der Waals surface area contributed by atoms with Gasteiger partial charge in [-0.25, -0.2) is 9.98 Å². The molecule has 1 unspecified atom stereocenters. The van der Waals surface area contributed by atoms with Gasteiger partial charge in [-0.15, -0.1) is 0 Å². The van der Waals surface area contributed by atoms with Gasteiger partial charge in [0.2, 0.25) is 0 Å². The van der Waals surface area contributed by atoms with Gasteiger partial charge >= 0.3 is 0 Å². The number of benzene rings is 2. The van der Waals surface area contributed by atoms with E-state index in [1.54, 1.807) is 7.11 Å². The summed E-state index contributed by atoms with van der Waals surface area (Å²) < 4.78 is 11.4. The second-order valence-electron chi connectivity index (χ2n) is 8.33. The van der Waals surface area contributed by atoms with E-state index in [2.05, 4.69) is 52.7 Å². The lowest BCUT2D eigenvalue weighted by Gasteiger charge is -2.38. The average molecular weight is 435 g/mol. The van der Waals surface area contributed by atoms with Crippen molar-refractivity contribution in [3.63, 3.8) is 0 Å². The zero-order valence-electron chi connectivity index (χ0n) is 19.0. The number of aromatic nitrogens is 3. The third-order valence-corrected chi connectivity index (χ3v) is 5.30. The van der Waals surface area contributed by atoms with Crippen molar-refractivity contribution in [1.29, 1.82) is 0 Å². The van der Waals surface area contributed by atoms with E-state index in [1.165, 1.54) is 0 Å². The number of aliphatic imine (C=N–C) groups is 1. The van der Waals surface area contributed by atoms with Crippen LogP contribution in [0.5, 0.6) is 11.5 Å². The van der Waals surface area contributed by atoms with Crippen molar-refractivity contribution in [2.45, 2.75) is 45.4 Å². The van der Waals surface area contributed by atoms with Crippen LogP contribution in [-0.4, -0.2) is 40.4 Å². The van der Waals surface area contributed by atoms with Crippen LogP contribution < -0.4 is 20.1 Å². The number of para-hydroxylation sites is 1. The van der Waals surface area contributed by atoms with Crippen LogP contribution in [0.15, 0.2) is 53.5 Å². The molecule has 1 aliphatic rings. The normalized spacial score (nSPS) is 17.2.